The van der Waals surface area contributed by atoms with Crippen LogP contribution in [0.3, 0.4) is 0 Å². The van der Waals surface area contributed by atoms with Crippen LogP contribution in [0.25, 0.3) is 0 Å². The molecule has 0 unspecified atom stereocenters. The summed E-state index contributed by atoms with van der Waals surface area (Å²) in [5, 5.41) is 8.55. The molecule has 0 aromatic carbocycles. The number of nitriles is 1. The zero-order valence-electron chi connectivity index (χ0n) is 9.80. The molecule has 1 aromatic rings. The van der Waals surface area contributed by atoms with Crippen LogP contribution in [-0.4, -0.2) is 29.1 Å². The highest BCUT2D eigenvalue weighted by Gasteiger charge is 2.14. The van der Waals surface area contributed by atoms with Crippen molar-refractivity contribution in [1.29, 1.82) is 5.26 Å². The smallest absolute Gasteiger partial charge is 0.410 e. The minimum absolute atomic E-state index is 0.291. The number of carbonyl (C=O) groups excluding carboxylic acids is 1. The molecule has 0 aliphatic carbocycles. The summed E-state index contributed by atoms with van der Waals surface area (Å²) >= 11 is 0. The van der Waals surface area contributed by atoms with Gasteiger partial charge in [-0.3, -0.25) is 4.98 Å². The van der Waals surface area contributed by atoms with Gasteiger partial charge in [-0.25, -0.2) is 4.79 Å². The van der Waals surface area contributed by atoms with E-state index in [4.69, 9.17) is 10.00 Å². The van der Waals surface area contributed by atoms with E-state index in [1.165, 1.54) is 4.90 Å². The molecular weight excluding hydrogens is 218 g/mol. The van der Waals surface area contributed by atoms with Crippen LogP contribution in [0.4, 0.5) is 4.79 Å². The third-order valence-electron chi connectivity index (χ3n) is 2.12. The molecule has 90 valence electrons. The van der Waals surface area contributed by atoms with Gasteiger partial charge in [0.05, 0.1) is 25.6 Å². The maximum atomic E-state index is 11.6. The molecule has 1 rings (SSSR count). The van der Waals surface area contributed by atoms with E-state index >= 15 is 0 Å². The van der Waals surface area contributed by atoms with Gasteiger partial charge in [0.15, 0.2) is 0 Å². The van der Waals surface area contributed by atoms with Crippen LogP contribution in [0.15, 0.2) is 24.5 Å². The van der Waals surface area contributed by atoms with Crippen molar-refractivity contribution in [2.45, 2.75) is 19.9 Å². The fraction of sp³-hybridized carbons (Fsp3) is 0.417. The Bertz CT molecular complexity index is 386. The largest absolute Gasteiger partial charge is 0.450 e. The zero-order chi connectivity index (χ0) is 12.5. The first-order valence-electron chi connectivity index (χ1n) is 5.45. The van der Waals surface area contributed by atoms with Gasteiger partial charge in [0.1, 0.15) is 0 Å². The molecule has 0 fully saturated rings. The monoisotopic (exact) mass is 233 g/mol. The number of carbonyl (C=O) groups is 1. The highest BCUT2D eigenvalue weighted by molar-refractivity contribution is 5.67. The van der Waals surface area contributed by atoms with Gasteiger partial charge in [-0.2, -0.15) is 5.26 Å². The number of pyridine rings is 1. The molecule has 1 aromatic heterocycles. The lowest BCUT2D eigenvalue weighted by Crippen LogP contribution is -2.32. The van der Waals surface area contributed by atoms with Crippen LogP contribution in [0, 0.1) is 11.3 Å². The third kappa shape index (κ3) is 4.51. The van der Waals surface area contributed by atoms with Crippen molar-refractivity contribution in [3.63, 3.8) is 0 Å². The van der Waals surface area contributed by atoms with Crippen molar-refractivity contribution in [3.8, 4) is 6.07 Å². The lowest BCUT2D eigenvalue weighted by atomic mass is 10.2. The first-order valence-corrected chi connectivity index (χ1v) is 5.45. The van der Waals surface area contributed by atoms with E-state index in [1.807, 2.05) is 18.2 Å². The van der Waals surface area contributed by atoms with E-state index in [0.717, 1.165) is 5.56 Å². The summed E-state index contributed by atoms with van der Waals surface area (Å²) in [6.45, 7) is 2.86. The minimum Gasteiger partial charge on any atom is -0.450 e. The number of amides is 1. The number of hydrogen-bond donors (Lipinski definition) is 0. The Morgan fingerprint density at radius 3 is 3.06 bits per heavy atom. The molecule has 0 atom stereocenters. The second kappa shape index (κ2) is 7.23. The van der Waals surface area contributed by atoms with Gasteiger partial charge in [0.2, 0.25) is 0 Å². The van der Waals surface area contributed by atoms with Crippen molar-refractivity contribution in [2.75, 3.05) is 13.2 Å². The molecule has 0 N–H and O–H groups in total. The molecule has 0 radical (unpaired) electrons. The maximum Gasteiger partial charge on any atom is 0.410 e. The van der Waals surface area contributed by atoms with E-state index in [9.17, 15) is 4.79 Å². The molecule has 1 amide bonds. The standard InChI is InChI=1S/C12H15N3O2/c1-2-17-12(16)15(8-4-6-13)10-11-5-3-7-14-9-11/h3,5,7,9H,2,4,8,10H2,1H3. The van der Waals surface area contributed by atoms with E-state index in [-0.39, 0.29) is 0 Å². The van der Waals surface area contributed by atoms with Crippen molar-refractivity contribution < 1.29 is 9.53 Å². The Labute approximate surface area is 101 Å². The van der Waals surface area contributed by atoms with Crippen LogP contribution in [0.2, 0.25) is 0 Å². The lowest BCUT2D eigenvalue weighted by Gasteiger charge is -2.20. The van der Waals surface area contributed by atoms with Crippen molar-refractivity contribution in [1.82, 2.24) is 9.88 Å². The maximum absolute atomic E-state index is 11.6. The highest BCUT2D eigenvalue weighted by Crippen LogP contribution is 2.05. The summed E-state index contributed by atoms with van der Waals surface area (Å²) < 4.78 is 4.93. The Morgan fingerprint density at radius 2 is 2.47 bits per heavy atom. The second-order valence-corrected chi connectivity index (χ2v) is 3.39. The SMILES string of the molecule is CCOC(=O)N(CCC#N)Cc1cccnc1. The predicted octanol–water partition coefficient (Wildman–Crippen LogP) is 1.95. The Balaban J connectivity index is 2.63. The van der Waals surface area contributed by atoms with Gasteiger partial charge in [-0.15, -0.1) is 0 Å². The van der Waals surface area contributed by atoms with Gasteiger partial charge < -0.3 is 9.64 Å². The van der Waals surface area contributed by atoms with E-state index < -0.39 is 6.09 Å². The minimum atomic E-state index is -0.397. The van der Waals surface area contributed by atoms with Gasteiger partial charge in [-0.1, -0.05) is 6.07 Å². The average molecular weight is 233 g/mol. The molecule has 0 saturated carbocycles. The van der Waals surface area contributed by atoms with Crippen molar-refractivity contribution >= 4 is 6.09 Å². The Kier molecular flexibility index (Phi) is 5.52. The third-order valence-corrected chi connectivity index (χ3v) is 2.12. The average Bonchev–Trinajstić information content (AvgIpc) is 2.36. The lowest BCUT2D eigenvalue weighted by molar-refractivity contribution is 0.105. The summed E-state index contributed by atoms with van der Waals surface area (Å²) in [7, 11) is 0. The summed E-state index contributed by atoms with van der Waals surface area (Å²) in [6, 6.07) is 5.70. The van der Waals surface area contributed by atoms with Crippen LogP contribution >= 0.6 is 0 Å². The first-order chi connectivity index (χ1) is 8.27. The quantitative estimate of drug-likeness (QED) is 0.779. The number of ether oxygens (including phenoxy) is 1. The van der Waals surface area contributed by atoms with Crippen molar-refractivity contribution in [2.24, 2.45) is 0 Å². The van der Waals surface area contributed by atoms with Crippen molar-refractivity contribution in [3.05, 3.63) is 30.1 Å². The summed E-state index contributed by atoms with van der Waals surface area (Å²) in [5.74, 6) is 0. The van der Waals surface area contributed by atoms with Gasteiger partial charge >= 0.3 is 6.09 Å². The van der Waals surface area contributed by atoms with Crippen LogP contribution in [0.1, 0.15) is 18.9 Å². The molecule has 0 saturated heterocycles. The second-order valence-electron chi connectivity index (χ2n) is 3.39. The Morgan fingerprint density at radius 1 is 1.65 bits per heavy atom. The van der Waals surface area contributed by atoms with Crippen LogP contribution in [-0.2, 0) is 11.3 Å². The van der Waals surface area contributed by atoms with Gasteiger partial charge in [-0.05, 0) is 18.6 Å². The Hall–Kier alpha value is -2.09. The number of aromatic nitrogens is 1. The summed E-state index contributed by atoms with van der Waals surface area (Å²) in [4.78, 5) is 17.1. The van der Waals surface area contributed by atoms with E-state index in [0.29, 0.717) is 26.1 Å². The van der Waals surface area contributed by atoms with Crippen LogP contribution in [0.5, 0.6) is 0 Å². The van der Waals surface area contributed by atoms with E-state index in [1.54, 1.807) is 19.3 Å². The first kappa shape index (κ1) is 13.0. The number of nitrogens with zero attached hydrogens (tertiary/aromatic N) is 3. The van der Waals surface area contributed by atoms with Crippen LogP contribution < -0.4 is 0 Å². The molecular formula is C12H15N3O2. The fourth-order valence-electron chi connectivity index (χ4n) is 1.35. The van der Waals surface area contributed by atoms with E-state index in [2.05, 4.69) is 4.98 Å². The number of rotatable bonds is 5. The molecule has 5 heteroatoms. The fourth-order valence-corrected chi connectivity index (χ4v) is 1.35. The topological polar surface area (TPSA) is 66.2 Å². The molecule has 0 bridgehead atoms. The zero-order valence-corrected chi connectivity index (χ0v) is 9.80. The molecule has 17 heavy (non-hydrogen) atoms. The summed E-state index contributed by atoms with van der Waals surface area (Å²) in [5.41, 5.74) is 0.915. The molecule has 0 aliphatic heterocycles. The predicted molar refractivity (Wildman–Crippen MR) is 61.9 cm³/mol. The number of hydrogen-bond acceptors (Lipinski definition) is 4. The normalized spacial score (nSPS) is 9.41. The van der Waals surface area contributed by atoms with Gasteiger partial charge in [0.25, 0.3) is 0 Å². The highest BCUT2D eigenvalue weighted by atomic mass is 16.6. The molecule has 0 spiro atoms. The van der Waals surface area contributed by atoms with Gasteiger partial charge in [0, 0.05) is 18.9 Å². The molecule has 0 aliphatic rings. The summed E-state index contributed by atoms with van der Waals surface area (Å²) in [6.07, 6.45) is 3.26. The molecule has 5 nitrogen and oxygen atoms in total. The molecule has 1 heterocycles.